The number of nitrogens with zero attached hydrogens (tertiary/aromatic N) is 1. The predicted octanol–water partition coefficient (Wildman–Crippen LogP) is 9.88. The van der Waals surface area contributed by atoms with Crippen molar-refractivity contribution in [1.29, 1.82) is 0 Å². The van der Waals surface area contributed by atoms with Gasteiger partial charge in [0.15, 0.2) is 0 Å². The van der Waals surface area contributed by atoms with Crippen molar-refractivity contribution >= 4 is 49.8 Å². The summed E-state index contributed by atoms with van der Waals surface area (Å²) in [6.07, 6.45) is 0. The van der Waals surface area contributed by atoms with E-state index in [1.54, 1.807) is 0 Å². The molecular weight excluding hydrogens is 438 g/mol. The van der Waals surface area contributed by atoms with E-state index in [-0.39, 0.29) is 0 Å². The molecule has 0 saturated carbocycles. The van der Waals surface area contributed by atoms with Gasteiger partial charge in [0.25, 0.3) is 0 Å². The van der Waals surface area contributed by atoms with Crippen LogP contribution in [0.15, 0.2) is 144 Å². The quantitative estimate of drug-likeness (QED) is 0.259. The van der Waals surface area contributed by atoms with Crippen LogP contribution in [0.2, 0.25) is 0 Å². The summed E-state index contributed by atoms with van der Waals surface area (Å²) < 4.78 is 6.45. The van der Waals surface area contributed by atoms with Gasteiger partial charge in [0.2, 0.25) is 0 Å². The highest BCUT2D eigenvalue weighted by atomic mass is 16.3. The van der Waals surface area contributed by atoms with Crippen LogP contribution in [0.5, 0.6) is 0 Å². The highest BCUT2D eigenvalue weighted by Gasteiger charge is 2.16. The van der Waals surface area contributed by atoms with E-state index in [1.807, 2.05) is 12.1 Å². The number of rotatable bonds is 4. The molecule has 0 unspecified atom stereocenters. The van der Waals surface area contributed by atoms with Gasteiger partial charge in [-0.05, 0) is 58.8 Å². The van der Waals surface area contributed by atoms with Gasteiger partial charge in [0, 0.05) is 33.4 Å². The zero-order chi connectivity index (χ0) is 23.9. The molecule has 0 spiro atoms. The molecule has 2 nitrogen and oxygen atoms in total. The molecule has 1 aromatic heterocycles. The Hall–Kier alpha value is -4.82. The lowest BCUT2D eigenvalue weighted by Gasteiger charge is -2.25. The van der Waals surface area contributed by atoms with E-state index in [4.69, 9.17) is 4.42 Å². The Morgan fingerprint density at radius 1 is 0.444 bits per heavy atom. The minimum Gasteiger partial charge on any atom is -0.455 e. The Morgan fingerprint density at radius 3 is 1.78 bits per heavy atom. The van der Waals surface area contributed by atoms with Crippen LogP contribution < -0.4 is 4.90 Å². The topological polar surface area (TPSA) is 16.4 Å². The molecule has 7 aromatic rings. The lowest BCUT2D eigenvalue weighted by atomic mass is 9.99. The monoisotopic (exact) mass is 461 g/mol. The van der Waals surface area contributed by atoms with Gasteiger partial charge in [-0.15, -0.1) is 0 Å². The molecule has 0 amide bonds. The fraction of sp³-hybridized carbons (Fsp3) is 0. The van der Waals surface area contributed by atoms with Crippen molar-refractivity contribution in [1.82, 2.24) is 0 Å². The third kappa shape index (κ3) is 3.35. The van der Waals surface area contributed by atoms with Crippen molar-refractivity contribution in [2.24, 2.45) is 0 Å². The van der Waals surface area contributed by atoms with Crippen LogP contribution in [-0.2, 0) is 0 Å². The Bertz CT molecular complexity index is 1780. The third-order valence-electron chi connectivity index (χ3n) is 6.85. The molecule has 0 atom stereocenters. The number of furan rings is 1. The molecule has 0 aliphatic heterocycles. The van der Waals surface area contributed by atoms with Crippen molar-refractivity contribution in [3.8, 4) is 11.1 Å². The maximum atomic E-state index is 6.45. The summed E-state index contributed by atoms with van der Waals surface area (Å²) in [5.74, 6) is 0. The summed E-state index contributed by atoms with van der Waals surface area (Å²) in [6, 6.07) is 48.9. The van der Waals surface area contributed by atoms with Crippen molar-refractivity contribution in [2.45, 2.75) is 0 Å². The van der Waals surface area contributed by atoms with Crippen LogP contribution in [0.3, 0.4) is 0 Å². The number of benzene rings is 6. The average Bonchev–Trinajstić information content (AvgIpc) is 3.34. The molecule has 170 valence electrons. The second-order valence-electron chi connectivity index (χ2n) is 9.00. The molecule has 6 aromatic carbocycles. The van der Waals surface area contributed by atoms with Crippen LogP contribution in [0.25, 0.3) is 43.8 Å². The molecule has 2 heteroatoms. The highest BCUT2D eigenvalue weighted by molar-refractivity contribution is 6.20. The minimum absolute atomic E-state index is 0.923. The molecule has 0 bridgehead atoms. The van der Waals surface area contributed by atoms with Crippen LogP contribution in [0.1, 0.15) is 0 Å². The van der Waals surface area contributed by atoms with Gasteiger partial charge in [-0.3, -0.25) is 0 Å². The lowest BCUT2D eigenvalue weighted by Crippen LogP contribution is -2.09. The average molecular weight is 462 g/mol. The first kappa shape index (κ1) is 20.5. The SMILES string of the molecule is c1ccc(N(c2ccccc2)c2ccc(-c3cccc4c3oc3ccc5ccccc5c34)cc2)cc1. The van der Waals surface area contributed by atoms with Gasteiger partial charge in [-0.1, -0.05) is 97.1 Å². The first-order valence-corrected chi connectivity index (χ1v) is 12.2. The molecule has 0 N–H and O–H groups in total. The predicted molar refractivity (Wildman–Crippen MR) is 151 cm³/mol. The minimum atomic E-state index is 0.923. The van der Waals surface area contributed by atoms with E-state index in [2.05, 4.69) is 132 Å². The van der Waals surface area contributed by atoms with Crippen LogP contribution in [-0.4, -0.2) is 0 Å². The molecule has 0 radical (unpaired) electrons. The molecule has 1 heterocycles. The van der Waals surface area contributed by atoms with Crippen molar-refractivity contribution < 1.29 is 4.42 Å². The fourth-order valence-electron chi connectivity index (χ4n) is 5.19. The Labute approximate surface area is 209 Å². The van der Waals surface area contributed by atoms with Crippen LogP contribution >= 0.6 is 0 Å². The van der Waals surface area contributed by atoms with E-state index >= 15 is 0 Å². The van der Waals surface area contributed by atoms with Gasteiger partial charge in [0.1, 0.15) is 11.2 Å². The molecule has 0 aliphatic rings. The normalized spacial score (nSPS) is 11.3. The van der Waals surface area contributed by atoms with Gasteiger partial charge < -0.3 is 9.32 Å². The summed E-state index contributed by atoms with van der Waals surface area (Å²) >= 11 is 0. The van der Waals surface area contributed by atoms with Crippen molar-refractivity contribution in [2.75, 3.05) is 4.90 Å². The van der Waals surface area contributed by atoms with Gasteiger partial charge in [-0.2, -0.15) is 0 Å². The van der Waals surface area contributed by atoms with E-state index in [0.717, 1.165) is 44.7 Å². The van der Waals surface area contributed by atoms with Crippen molar-refractivity contribution in [3.05, 3.63) is 140 Å². The van der Waals surface area contributed by atoms with E-state index < -0.39 is 0 Å². The molecule has 7 rings (SSSR count). The van der Waals surface area contributed by atoms with Gasteiger partial charge >= 0.3 is 0 Å². The Balaban J connectivity index is 1.36. The summed E-state index contributed by atoms with van der Waals surface area (Å²) in [4.78, 5) is 2.28. The number of hydrogen-bond donors (Lipinski definition) is 0. The summed E-state index contributed by atoms with van der Waals surface area (Å²) in [7, 11) is 0. The molecular formula is C34H23NO. The van der Waals surface area contributed by atoms with E-state index in [0.29, 0.717) is 0 Å². The third-order valence-corrected chi connectivity index (χ3v) is 6.85. The largest absolute Gasteiger partial charge is 0.455 e. The lowest BCUT2D eigenvalue weighted by molar-refractivity contribution is 0.670. The first-order chi connectivity index (χ1) is 17.9. The number of fused-ring (bicyclic) bond motifs is 5. The van der Waals surface area contributed by atoms with Gasteiger partial charge in [0.05, 0.1) is 0 Å². The summed E-state index contributed by atoms with van der Waals surface area (Å²) in [6.45, 7) is 0. The molecule has 0 fully saturated rings. The zero-order valence-corrected chi connectivity index (χ0v) is 19.6. The second kappa shape index (κ2) is 8.44. The first-order valence-electron chi connectivity index (χ1n) is 12.2. The standard InChI is InChI=1S/C34H23NO/c1-3-11-26(12-4-1)35(27-13-5-2-6-14-27)28-21-18-25(19-22-28)30-16-9-17-31-33-29-15-8-7-10-24(29)20-23-32(33)36-34(30)31/h1-23H. The number of anilines is 3. The summed E-state index contributed by atoms with van der Waals surface area (Å²) in [5, 5.41) is 4.78. The molecule has 0 saturated heterocycles. The number of hydrogen-bond acceptors (Lipinski definition) is 2. The Morgan fingerprint density at radius 2 is 1.06 bits per heavy atom. The fourth-order valence-corrected chi connectivity index (χ4v) is 5.19. The highest BCUT2D eigenvalue weighted by Crippen LogP contribution is 2.40. The molecule has 36 heavy (non-hydrogen) atoms. The second-order valence-corrected chi connectivity index (χ2v) is 9.00. The molecule has 0 aliphatic carbocycles. The van der Waals surface area contributed by atoms with Gasteiger partial charge in [-0.25, -0.2) is 0 Å². The zero-order valence-electron chi connectivity index (χ0n) is 19.6. The number of para-hydroxylation sites is 3. The van der Waals surface area contributed by atoms with Crippen LogP contribution in [0, 0.1) is 0 Å². The smallest absolute Gasteiger partial charge is 0.143 e. The van der Waals surface area contributed by atoms with E-state index in [1.165, 1.54) is 16.2 Å². The maximum absolute atomic E-state index is 6.45. The summed E-state index contributed by atoms with van der Waals surface area (Å²) in [5.41, 5.74) is 7.45. The maximum Gasteiger partial charge on any atom is 0.143 e. The van der Waals surface area contributed by atoms with Crippen LogP contribution in [0.4, 0.5) is 17.1 Å². The van der Waals surface area contributed by atoms with Crippen molar-refractivity contribution in [3.63, 3.8) is 0 Å². The van der Waals surface area contributed by atoms with E-state index in [9.17, 15) is 0 Å². The Kier molecular flexibility index (Phi) is 4.82.